The number of nitrogens with one attached hydrogen (secondary N) is 1. The molecule has 0 aliphatic rings. The Morgan fingerprint density at radius 3 is 2.41 bits per heavy atom. The second-order valence-electron chi connectivity index (χ2n) is 5.36. The minimum atomic E-state index is -1.29. The first kappa shape index (κ1) is 20.0. The number of rotatable bonds is 4. The van der Waals surface area contributed by atoms with E-state index in [-0.39, 0.29) is 29.2 Å². The van der Waals surface area contributed by atoms with Gasteiger partial charge in [0, 0.05) is 11.8 Å². The molecule has 0 unspecified atom stereocenters. The van der Waals surface area contributed by atoms with Gasteiger partial charge in [0.05, 0.1) is 22.5 Å². The Morgan fingerprint density at radius 2 is 1.78 bits per heavy atom. The molecule has 27 heavy (non-hydrogen) atoms. The van der Waals surface area contributed by atoms with E-state index in [2.05, 4.69) is 10.3 Å². The van der Waals surface area contributed by atoms with Crippen molar-refractivity contribution >= 4 is 30.0 Å². The minimum Gasteiger partial charge on any atom is -0.478 e. The molecule has 0 spiro atoms. The van der Waals surface area contributed by atoms with E-state index in [0.29, 0.717) is 11.3 Å². The highest BCUT2D eigenvalue weighted by molar-refractivity contribution is 6.08. The fraction of sp³-hybridized carbons (Fsp3) is 0. The molecule has 138 valence electrons. The van der Waals surface area contributed by atoms with E-state index >= 15 is 0 Å². The Balaban J connectivity index is 0.00000261. The summed E-state index contributed by atoms with van der Waals surface area (Å²) in [6, 6.07) is 11.8. The van der Waals surface area contributed by atoms with Gasteiger partial charge in [-0.05, 0) is 48.5 Å². The second kappa shape index (κ2) is 8.37. The number of anilines is 1. The maximum absolute atomic E-state index is 14.0. The zero-order valence-electron chi connectivity index (χ0n) is 13.6. The van der Waals surface area contributed by atoms with E-state index < -0.39 is 23.5 Å². The quantitative estimate of drug-likeness (QED) is 0.692. The summed E-state index contributed by atoms with van der Waals surface area (Å²) in [5.41, 5.74) is 0.355. The topological polar surface area (TPSA) is 79.3 Å². The summed E-state index contributed by atoms with van der Waals surface area (Å²) in [7, 11) is 0. The van der Waals surface area contributed by atoms with Crippen molar-refractivity contribution in [1.29, 1.82) is 0 Å². The van der Waals surface area contributed by atoms with Crippen LogP contribution in [-0.4, -0.2) is 22.0 Å². The van der Waals surface area contributed by atoms with Crippen molar-refractivity contribution in [2.75, 3.05) is 5.32 Å². The van der Waals surface area contributed by atoms with Gasteiger partial charge in [0.25, 0.3) is 5.91 Å². The molecule has 5 nitrogen and oxygen atoms in total. The first-order valence-electron chi connectivity index (χ1n) is 7.51. The van der Waals surface area contributed by atoms with Crippen LogP contribution >= 0.6 is 12.4 Å². The number of aromatic nitrogens is 1. The third-order valence-electron chi connectivity index (χ3n) is 3.63. The van der Waals surface area contributed by atoms with Gasteiger partial charge in [-0.2, -0.15) is 0 Å². The number of nitrogens with zero attached hydrogens (tertiary/aromatic N) is 1. The Kier molecular flexibility index (Phi) is 6.20. The van der Waals surface area contributed by atoms with Gasteiger partial charge in [-0.3, -0.25) is 9.78 Å². The molecule has 0 saturated carbocycles. The van der Waals surface area contributed by atoms with Crippen LogP contribution in [0.4, 0.5) is 14.5 Å². The first-order chi connectivity index (χ1) is 12.5. The summed E-state index contributed by atoms with van der Waals surface area (Å²) < 4.78 is 27.7. The van der Waals surface area contributed by atoms with E-state index in [9.17, 15) is 18.4 Å². The monoisotopic (exact) mass is 390 g/mol. The number of hydrogen-bond donors (Lipinski definition) is 2. The fourth-order valence-corrected chi connectivity index (χ4v) is 2.39. The van der Waals surface area contributed by atoms with Crippen LogP contribution in [-0.2, 0) is 0 Å². The van der Waals surface area contributed by atoms with Crippen molar-refractivity contribution in [3.8, 4) is 11.3 Å². The molecule has 0 fully saturated rings. The van der Waals surface area contributed by atoms with Crippen molar-refractivity contribution < 1.29 is 23.5 Å². The van der Waals surface area contributed by atoms with Gasteiger partial charge < -0.3 is 10.4 Å². The van der Waals surface area contributed by atoms with Gasteiger partial charge in [-0.1, -0.05) is 6.07 Å². The predicted octanol–water partition coefficient (Wildman–Crippen LogP) is 4.40. The number of amides is 1. The lowest BCUT2D eigenvalue weighted by Crippen LogP contribution is -2.15. The zero-order valence-corrected chi connectivity index (χ0v) is 14.5. The lowest BCUT2D eigenvalue weighted by molar-refractivity contribution is 0.0696. The summed E-state index contributed by atoms with van der Waals surface area (Å²) in [5, 5.41) is 11.2. The van der Waals surface area contributed by atoms with E-state index in [1.54, 1.807) is 18.2 Å². The standard InChI is InChI=1S/C19H12F2N2O3.ClH/c20-12-5-6-13(16-3-1-2-8-22-16)14(10-12)18(24)23-17-7-4-11(19(25)26)9-15(17)21;/h1-10H,(H,23,24)(H,25,26);1H. The number of carbonyl (C=O) groups excluding carboxylic acids is 1. The number of pyridine rings is 1. The Bertz CT molecular complexity index is 997. The smallest absolute Gasteiger partial charge is 0.335 e. The molecule has 1 aromatic heterocycles. The molecule has 8 heteroatoms. The van der Waals surface area contributed by atoms with Crippen LogP contribution in [0.25, 0.3) is 11.3 Å². The third-order valence-corrected chi connectivity index (χ3v) is 3.63. The highest BCUT2D eigenvalue weighted by Gasteiger charge is 2.17. The van der Waals surface area contributed by atoms with Gasteiger partial charge in [0.1, 0.15) is 11.6 Å². The summed E-state index contributed by atoms with van der Waals surface area (Å²) in [4.78, 5) is 27.5. The third kappa shape index (κ3) is 4.45. The van der Waals surface area contributed by atoms with Gasteiger partial charge >= 0.3 is 5.97 Å². The average molecular weight is 391 g/mol. The van der Waals surface area contributed by atoms with Crippen molar-refractivity contribution in [2.24, 2.45) is 0 Å². The van der Waals surface area contributed by atoms with Crippen LogP contribution in [0.3, 0.4) is 0 Å². The molecule has 1 heterocycles. The maximum Gasteiger partial charge on any atom is 0.335 e. The lowest BCUT2D eigenvalue weighted by Gasteiger charge is -2.11. The van der Waals surface area contributed by atoms with E-state index in [0.717, 1.165) is 24.3 Å². The fourth-order valence-electron chi connectivity index (χ4n) is 2.39. The van der Waals surface area contributed by atoms with Gasteiger partial charge in [0.2, 0.25) is 0 Å². The van der Waals surface area contributed by atoms with Crippen LogP contribution in [0.5, 0.6) is 0 Å². The molecule has 2 aromatic carbocycles. The van der Waals surface area contributed by atoms with Gasteiger partial charge in [-0.15, -0.1) is 12.4 Å². The van der Waals surface area contributed by atoms with Crippen LogP contribution in [0.1, 0.15) is 20.7 Å². The molecule has 0 atom stereocenters. The zero-order chi connectivity index (χ0) is 18.7. The molecule has 0 saturated heterocycles. The van der Waals surface area contributed by atoms with Crippen LogP contribution < -0.4 is 5.32 Å². The van der Waals surface area contributed by atoms with E-state index in [1.807, 2.05) is 0 Å². The van der Waals surface area contributed by atoms with Crippen molar-refractivity contribution in [1.82, 2.24) is 4.98 Å². The molecule has 0 bridgehead atoms. The number of aromatic carboxylic acids is 1. The minimum absolute atomic E-state index is 0. The number of hydrogen-bond acceptors (Lipinski definition) is 3. The Labute approximate surface area is 159 Å². The SMILES string of the molecule is Cl.O=C(O)c1ccc(NC(=O)c2cc(F)ccc2-c2ccccn2)c(F)c1. The molecule has 1 amide bonds. The number of benzene rings is 2. The number of carboxylic acid groups (broad SMARTS) is 1. The first-order valence-corrected chi connectivity index (χ1v) is 7.51. The Morgan fingerprint density at radius 1 is 1.00 bits per heavy atom. The predicted molar refractivity (Wildman–Crippen MR) is 98.2 cm³/mol. The van der Waals surface area contributed by atoms with Crippen molar-refractivity contribution in [3.05, 3.63) is 83.6 Å². The molecular formula is C19H13ClF2N2O3. The van der Waals surface area contributed by atoms with E-state index in [1.165, 1.54) is 18.3 Å². The highest BCUT2D eigenvalue weighted by atomic mass is 35.5. The van der Waals surface area contributed by atoms with Gasteiger partial charge in [-0.25, -0.2) is 13.6 Å². The van der Waals surface area contributed by atoms with Gasteiger partial charge in [0.15, 0.2) is 0 Å². The molecule has 0 radical (unpaired) electrons. The second-order valence-corrected chi connectivity index (χ2v) is 5.36. The number of carboxylic acids is 1. The normalized spacial score (nSPS) is 10.0. The summed E-state index contributed by atoms with van der Waals surface area (Å²) in [6.07, 6.45) is 1.53. The molecule has 3 aromatic rings. The molecular weight excluding hydrogens is 378 g/mol. The molecule has 3 rings (SSSR count). The van der Waals surface area contributed by atoms with Crippen LogP contribution in [0.2, 0.25) is 0 Å². The van der Waals surface area contributed by atoms with Crippen LogP contribution in [0.15, 0.2) is 60.8 Å². The average Bonchev–Trinajstić information content (AvgIpc) is 2.63. The Hall–Kier alpha value is -3.32. The summed E-state index contributed by atoms with van der Waals surface area (Å²) >= 11 is 0. The molecule has 0 aliphatic carbocycles. The van der Waals surface area contributed by atoms with E-state index in [4.69, 9.17) is 5.11 Å². The highest BCUT2D eigenvalue weighted by Crippen LogP contribution is 2.24. The molecule has 0 aliphatic heterocycles. The largest absolute Gasteiger partial charge is 0.478 e. The summed E-state index contributed by atoms with van der Waals surface area (Å²) in [5.74, 6) is -3.57. The summed E-state index contributed by atoms with van der Waals surface area (Å²) in [6.45, 7) is 0. The molecule has 2 N–H and O–H groups in total. The number of halogens is 3. The van der Waals surface area contributed by atoms with Crippen molar-refractivity contribution in [2.45, 2.75) is 0 Å². The maximum atomic E-state index is 14.0. The van der Waals surface area contributed by atoms with Crippen molar-refractivity contribution in [3.63, 3.8) is 0 Å². The number of carbonyl (C=O) groups is 2. The lowest BCUT2D eigenvalue weighted by atomic mass is 10.0. The van der Waals surface area contributed by atoms with Crippen LogP contribution in [0, 0.1) is 11.6 Å².